The Labute approximate surface area is 127 Å². The van der Waals surface area contributed by atoms with Gasteiger partial charge in [0.1, 0.15) is 11.6 Å². The predicted molar refractivity (Wildman–Crippen MR) is 78.0 cm³/mol. The van der Waals surface area contributed by atoms with E-state index in [9.17, 15) is 13.6 Å². The van der Waals surface area contributed by atoms with E-state index in [0.29, 0.717) is 5.82 Å². The summed E-state index contributed by atoms with van der Waals surface area (Å²) in [6.07, 6.45) is 1.60. The van der Waals surface area contributed by atoms with Gasteiger partial charge in [-0.05, 0) is 52.9 Å². The molecule has 0 bridgehead atoms. The van der Waals surface area contributed by atoms with E-state index in [1.54, 1.807) is 18.3 Å². The van der Waals surface area contributed by atoms with Gasteiger partial charge in [0.2, 0.25) is 0 Å². The van der Waals surface area contributed by atoms with Crippen LogP contribution in [0.25, 0.3) is 0 Å². The van der Waals surface area contributed by atoms with Gasteiger partial charge in [0.05, 0.1) is 0 Å². The number of nitrogens with one attached hydrogen (secondary N) is 1. The second-order valence-corrected chi connectivity index (χ2v) is 4.97. The fraction of sp³-hybridized carbons (Fsp3) is 0.0769. The largest absolute Gasteiger partial charge is 0.435 e. The first-order valence-corrected chi connectivity index (χ1v) is 6.60. The van der Waals surface area contributed by atoms with Crippen molar-refractivity contribution in [3.8, 4) is 5.75 Å². The van der Waals surface area contributed by atoms with Crippen LogP contribution in [0.2, 0.25) is 0 Å². The fourth-order valence-electron chi connectivity index (χ4n) is 1.45. The van der Waals surface area contributed by atoms with E-state index in [2.05, 4.69) is 37.6 Å². The van der Waals surface area contributed by atoms with Crippen LogP contribution in [0.4, 0.5) is 14.6 Å². The van der Waals surface area contributed by atoms with E-state index in [1.807, 2.05) is 0 Å². The van der Waals surface area contributed by atoms with Crippen LogP contribution in [0.5, 0.6) is 5.75 Å². The maximum absolute atomic E-state index is 12.1. The van der Waals surface area contributed by atoms with Gasteiger partial charge in [0, 0.05) is 15.3 Å². The van der Waals surface area contributed by atoms with Crippen LogP contribution in [0.3, 0.4) is 0 Å². The Balaban J connectivity index is 2.10. The maximum Gasteiger partial charge on any atom is 0.387 e. The molecule has 1 N–H and O–H groups in total. The van der Waals surface area contributed by atoms with Gasteiger partial charge in [0.15, 0.2) is 0 Å². The second kappa shape index (κ2) is 6.60. The quantitative estimate of drug-likeness (QED) is 0.813. The number of alkyl halides is 2. The lowest BCUT2D eigenvalue weighted by Crippen LogP contribution is -2.13. The monoisotopic (exact) mass is 390 g/mol. The molecule has 104 valence electrons. The summed E-state index contributed by atoms with van der Waals surface area (Å²) in [5, 5.41) is 2.57. The van der Waals surface area contributed by atoms with Gasteiger partial charge >= 0.3 is 6.61 Å². The number of benzene rings is 1. The molecule has 0 spiro atoms. The Morgan fingerprint density at radius 2 is 2.10 bits per heavy atom. The molecular weight excluding hydrogens is 381 g/mol. The van der Waals surface area contributed by atoms with E-state index in [1.165, 1.54) is 24.3 Å². The summed E-state index contributed by atoms with van der Waals surface area (Å²) >= 11 is 2.09. The second-order valence-electron chi connectivity index (χ2n) is 3.72. The highest BCUT2D eigenvalue weighted by Gasteiger charge is 2.10. The van der Waals surface area contributed by atoms with Gasteiger partial charge < -0.3 is 10.1 Å². The zero-order valence-electron chi connectivity index (χ0n) is 10.0. The predicted octanol–water partition coefficient (Wildman–Crippen LogP) is 3.54. The highest BCUT2D eigenvalue weighted by Crippen LogP contribution is 2.17. The zero-order chi connectivity index (χ0) is 14.5. The van der Waals surface area contributed by atoms with E-state index in [4.69, 9.17) is 0 Å². The number of hydrogen-bond acceptors (Lipinski definition) is 3. The van der Waals surface area contributed by atoms with Crippen LogP contribution in [0.15, 0.2) is 42.6 Å². The number of hydrogen-bond donors (Lipinski definition) is 1. The van der Waals surface area contributed by atoms with Crippen LogP contribution in [-0.2, 0) is 0 Å². The Kier molecular flexibility index (Phi) is 4.83. The summed E-state index contributed by atoms with van der Waals surface area (Å²) in [6, 6.07) is 9.01. The van der Waals surface area contributed by atoms with Crippen LogP contribution < -0.4 is 10.1 Å². The number of amides is 1. The first kappa shape index (κ1) is 14.6. The molecule has 0 unspecified atom stereocenters. The first-order valence-electron chi connectivity index (χ1n) is 5.52. The van der Waals surface area contributed by atoms with Crippen molar-refractivity contribution in [2.75, 3.05) is 5.32 Å². The average Bonchev–Trinajstić information content (AvgIpc) is 2.41. The minimum atomic E-state index is -2.92. The Bertz CT molecular complexity index is 606. The van der Waals surface area contributed by atoms with Crippen LogP contribution >= 0.6 is 22.6 Å². The van der Waals surface area contributed by atoms with Crippen molar-refractivity contribution in [3.63, 3.8) is 0 Å². The SMILES string of the molecule is O=C(Nc1ccc(I)cn1)c1cccc(OC(F)F)c1. The summed E-state index contributed by atoms with van der Waals surface area (Å²) in [5.74, 6) is -0.128. The molecule has 1 amide bonds. The van der Waals surface area contributed by atoms with Crippen molar-refractivity contribution in [1.29, 1.82) is 0 Å². The van der Waals surface area contributed by atoms with E-state index in [0.717, 1.165) is 3.57 Å². The zero-order valence-corrected chi connectivity index (χ0v) is 12.2. The molecule has 1 aromatic heterocycles. The summed E-state index contributed by atoms with van der Waals surface area (Å²) in [7, 11) is 0. The number of anilines is 1. The molecule has 0 saturated heterocycles. The number of aromatic nitrogens is 1. The summed E-state index contributed by atoms with van der Waals surface area (Å²) in [6.45, 7) is -2.92. The summed E-state index contributed by atoms with van der Waals surface area (Å²) < 4.78 is 29.4. The highest BCUT2D eigenvalue weighted by atomic mass is 127. The lowest BCUT2D eigenvalue weighted by atomic mass is 10.2. The number of carbonyl (C=O) groups is 1. The molecule has 0 fully saturated rings. The highest BCUT2D eigenvalue weighted by molar-refractivity contribution is 14.1. The Morgan fingerprint density at radius 1 is 1.30 bits per heavy atom. The molecule has 7 heteroatoms. The Hall–Kier alpha value is -1.77. The van der Waals surface area contributed by atoms with Crippen molar-refractivity contribution in [3.05, 3.63) is 51.7 Å². The van der Waals surface area contributed by atoms with E-state index in [-0.39, 0.29) is 11.3 Å². The normalized spacial score (nSPS) is 10.4. The van der Waals surface area contributed by atoms with Crippen LogP contribution in [-0.4, -0.2) is 17.5 Å². The number of nitrogens with zero attached hydrogens (tertiary/aromatic N) is 1. The van der Waals surface area contributed by atoms with Crippen molar-refractivity contribution in [2.45, 2.75) is 6.61 Å². The van der Waals surface area contributed by atoms with Gasteiger partial charge in [0.25, 0.3) is 5.91 Å². The average molecular weight is 390 g/mol. The van der Waals surface area contributed by atoms with Gasteiger partial charge in [-0.1, -0.05) is 6.07 Å². The molecule has 0 saturated carbocycles. The number of ether oxygens (including phenoxy) is 1. The number of halogens is 3. The van der Waals surface area contributed by atoms with Crippen LogP contribution in [0, 0.1) is 3.57 Å². The molecule has 0 aliphatic carbocycles. The van der Waals surface area contributed by atoms with Crippen LogP contribution in [0.1, 0.15) is 10.4 Å². The molecular formula is C13H9F2IN2O2. The molecule has 1 heterocycles. The lowest BCUT2D eigenvalue weighted by molar-refractivity contribution is -0.0498. The Morgan fingerprint density at radius 3 is 2.75 bits per heavy atom. The summed E-state index contributed by atoms with van der Waals surface area (Å²) in [4.78, 5) is 16.0. The molecule has 4 nitrogen and oxygen atoms in total. The smallest absolute Gasteiger partial charge is 0.387 e. The fourth-order valence-corrected chi connectivity index (χ4v) is 1.77. The van der Waals surface area contributed by atoms with Gasteiger partial charge in [-0.15, -0.1) is 0 Å². The third-order valence-corrected chi connectivity index (χ3v) is 2.93. The van der Waals surface area contributed by atoms with Crippen molar-refractivity contribution < 1.29 is 18.3 Å². The maximum atomic E-state index is 12.1. The van der Waals surface area contributed by atoms with E-state index < -0.39 is 12.5 Å². The lowest BCUT2D eigenvalue weighted by Gasteiger charge is -2.07. The molecule has 0 atom stereocenters. The third-order valence-electron chi connectivity index (χ3n) is 2.29. The topological polar surface area (TPSA) is 51.2 Å². The molecule has 2 aromatic rings. The molecule has 1 aromatic carbocycles. The van der Waals surface area contributed by atoms with Crippen molar-refractivity contribution >= 4 is 34.3 Å². The van der Waals surface area contributed by atoms with Gasteiger partial charge in [-0.2, -0.15) is 8.78 Å². The summed E-state index contributed by atoms with van der Waals surface area (Å²) in [5.41, 5.74) is 0.212. The number of pyridine rings is 1. The van der Waals surface area contributed by atoms with Crippen molar-refractivity contribution in [1.82, 2.24) is 4.98 Å². The minimum Gasteiger partial charge on any atom is -0.435 e. The van der Waals surface area contributed by atoms with Gasteiger partial charge in [-0.25, -0.2) is 4.98 Å². The minimum absolute atomic E-state index is 0.0665. The third kappa shape index (κ3) is 4.12. The standard InChI is InChI=1S/C13H9F2IN2O2/c14-13(15)20-10-3-1-2-8(6-10)12(19)18-11-5-4-9(16)7-17-11/h1-7,13H,(H,17,18,19). The molecule has 2 rings (SSSR count). The molecule has 0 aliphatic heterocycles. The number of rotatable bonds is 4. The molecule has 0 aliphatic rings. The van der Waals surface area contributed by atoms with Gasteiger partial charge in [-0.3, -0.25) is 4.79 Å². The van der Waals surface area contributed by atoms with Crippen molar-refractivity contribution in [2.24, 2.45) is 0 Å². The number of carbonyl (C=O) groups excluding carboxylic acids is 1. The van der Waals surface area contributed by atoms with E-state index >= 15 is 0 Å². The molecule has 20 heavy (non-hydrogen) atoms. The molecule has 0 radical (unpaired) electrons. The first-order chi connectivity index (χ1) is 9.54.